The van der Waals surface area contributed by atoms with E-state index in [9.17, 15) is 36.2 Å². The van der Waals surface area contributed by atoms with Gasteiger partial charge in [-0.25, -0.2) is 4.98 Å². The predicted molar refractivity (Wildman–Crippen MR) is 120 cm³/mol. The number of amides is 1. The van der Waals surface area contributed by atoms with Crippen molar-refractivity contribution in [1.82, 2.24) is 4.98 Å². The van der Waals surface area contributed by atoms with Gasteiger partial charge in [0.25, 0.3) is 0 Å². The molecule has 2 aromatic rings. The second-order valence-electron chi connectivity index (χ2n) is 8.03. The van der Waals surface area contributed by atoms with Crippen molar-refractivity contribution in [2.24, 2.45) is 4.99 Å². The molecule has 0 spiro atoms. The maximum absolute atomic E-state index is 13.0. The number of allylic oxidation sites excluding steroid dienone is 2. The van der Waals surface area contributed by atoms with E-state index in [1.54, 1.807) is 24.3 Å². The number of aromatic nitrogens is 1. The van der Waals surface area contributed by atoms with E-state index in [-0.39, 0.29) is 24.5 Å². The first kappa shape index (κ1) is 27.1. The first-order valence-corrected chi connectivity index (χ1v) is 10.4. The molecule has 6 nitrogen and oxygen atoms in total. The van der Waals surface area contributed by atoms with E-state index in [0.717, 1.165) is 18.3 Å². The summed E-state index contributed by atoms with van der Waals surface area (Å²) >= 11 is 0. The summed E-state index contributed by atoms with van der Waals surface area (Å²) in [6.07, 6.45) is -7.73. The number of hydrogen-bond donors (Lipinski definition) is 2. The highest BCUT2D eigenvalue weighted by Gasteiger charge is 2.47. The highest BCUT2D eigenvalue weighted by Crippen LogP contribution is 2.36. The van der Waals surface area contributed by atoms with Crippen LogP contribution in [0.15, 0.2) is 64.9 Å². The maximum atomic E-state index is 13.0. The molecule has 0 radical (unpaired) electrons. The predicted octanol–water partition coefficient (Wildman–Crippen LogP) is 4.92. The van der Waals surface area contributed by atoms with Crippen LogP contribution in [0.25, 0.3) is 5.57 Å². The van der Waals surface area contributed by atoms with E-state index in [1.807, 2.05) is 0 Å². The Morgan fingerprint density at radius 1 is 1.17 bits per heavy atom. The standard InChI is InChI=1S/C24H21F6N3O3/c1-14(16(11-34)9-20(31-2)24(28,29)30)15-3-5-17(6-4-15)22(12-36-13-22)21(35)33-18-7-8-19(32-10-18)23(25,26)27/h3-10,34H,2,11-13H2,1H3,(H,33,35)/b16-14-,20-9-. The van der Waals surface area contributed by atoms with E-state index >= 15 is 0 Å². The zero-order chi connectivity index (χ0) is 26.7. The molecule has 0 unspecified atom stereocenters. The Morgan fingerprint density at radius 3 is 2.22 bits per heavy atom. The fourth-order valence-electron chi connectivity index (χ4n) is 3.50. The molecule has 36 heavy (non-hydrogen) atoms. The molecule has 1 saturated heterocycles. The number of pyridine rings is 1. The summed E-state index contributed by atoms with van der Waals surface area (Å²) in [6, 6.07) is 8.20. The number of hydrogen-bond acceptors (Lipinski definition) is 5. The molecular formula is C24H21F6N3O3. The Balaban J connectivity index is 1.85. The van der Waals surface area contributed by atoms with Gasteiger partial charge in [0.15, 0.2) is 0 Å². The third-order valence-electron chi connectivity index (χ3n) is 5.74. The fraction of sp³-hybridized carbons (Fsp3) is 0.292. The van der Waals surface area contributed by atoms with Crippen LogP contribution in [0.1, 0.15) is 23.7 Å². The zero-order valence-corrected chi connectivity index (χ0v) is 18.9. The number of carbonyl (C=O) groups is 1. The number of aliphatic hydroxyl groups is 1. The van der Waals surface area contributed by atoms with Gasteiger partial charge in [0.05, 0.1) is 31.7 Å². The largest absolute Gasteiger partial charge is 0.433 e. The highest BCUT2D eigenvalue weighted by molar-refractivity contribution is 6.00. The molecule has 2 N–H and O–H groups in total. The van der Waals surface area contributed by atoms with Gasteiger partial charge in [-0.15, -0.1) is 0 Å². The molecule has 0 atom stereocenters. The van der Waals surface area contributed by atoms with Crippen LogP contribution in [0.5, 0.6) is 0 Å². The minimum Gasteiger partial charge on any atom is -0.392 e. The molecule has 3 rings (SSSR count). The molecule has 0 saturated carbocycles. The van der Waals surface area contributed by atoms with Crippen molar-refractivity contribution in [3.05, 3.63) is 76.8 Å². The average Bonchev–Trinajstić information content (AvgIpc) is 2.78. The molecule has 1 aliphatic heterocycles. The average molecular weight is 513 g/mol. The molecule has 2 heterocycles. The van der Waals surface area contributed by atoms with Gasteiger partial charge in [0.2, 0.25) is 5.91 Å². The SMILES string of the molecule is C=N/C(=C\C(CO)=C(/C)c1ccc(C2(C(=O)Nc3ccc(C(F)(F)F)nc3)COC2)cc1)C(F)(F)F. The van der Waals surface area contributed by atoms with Crippen molar-refractivity contribution in [1.29, 1.82) is 0 Å². The van der Waals surface area contributed by atoms with Gasteiger partial charge in [-0.2, -0.15) is 26.3 Å². The minimum atomic E-state index is -4.74. The van der Waals surface area contributed by atoms with E-state index in [2.05, 4.69) is 22.0 Å². The third-order valence-corrected chi connectivity index (χ3v) is 5.74. The lowest BCUT2D eigenvalue weighted by Gasteiger charge is -2.40. The Bertz CT molecular complexity index is 1180. The smallest absolute Gasteiger partial charge is 0.392 e. The van der Waals surface area contributed by atoms with Gasteiger partial charge in [0, 0.05) is 0 Å². The summed E-state index contributed by atoms with van der Waals surface area (Å²) in [4.78, 5) is 19.3. The summed E-state index contributed by atoms with van der Waals surface area (Å²) in [6.45, 7) is 3.81. The number of nitrogens with one attached hydrogen (secondary N) is 1. The fourth-order valence-corrected chi connectivity index (χ4v) is 3.50. The molecule has 12 heteroatoms. The minimum absolute atomic E-state index is 0.0169. The molecule has 0 bridgehead atoms. The Hall–Kier alpha value is -3.51. The Labute approximate surface area is 202 Å². The van der Waals surface area contributed by atoms with Gasteiger partial charge in [-0.1, -0.05) is 24.3 Å². The lowest BCUT2D eigenvalue weighted by Crippen LogP contribution is -2.55. The third kappa shape index (κ3) is 5.65. The number of nitrogens with zero attached hydrogens (tertiary/aromatic N) is 2. The Kier molecular flexibility index (Phi) is 7.70. The van der Waals surface area contributed by atoms with Crippen LogP contribution < -0.4 is 5.32 Å². The first-order valence-electron chi connectivity index (χ1n) is 10.4. The van der Waals surface area contributed by atoms with Crippen LogP contribution in [0, 0.1) is 0 Å². The summed E-state index contributed by atoms with van der Waals surface area (Å²) < 4.78 is 82.4. The van der Waals surface area contributed by atoms with Gasteiger partial charge < -0.3 is 15.2 Å². The van der Waals surface area contributed by atoms with Crippen LogP contribution in [0.4, 0.5) is 32.0 Å². The highest BCUT2D eigenvalue weighted by atomic mass is 19.4. The Morgan fingerprint density at radius 2 is 1.81 bits per heavy atom. The molecule has 1 fully saturated rings. The number of alkyl halides is 6. The number of aliphatic hydroxyl groups excluding tert-OH is 1. The van der Waals surface area contributed by atoms with Crippen molar-refractivity contribution in [2.45, 2.75) is 24.7 Å². The second-order valence-corrected chi connectivity index (χ2v) is 8.03. The number of aliphatic imine (C=N–C) groups is 1. The molecule has 1 aromatic carbocycles. The van der Waals surface area contributed by atoms with Crippen LogP contribution in [-0.4, -0.2) is 48.7 Å². The van der Waals surface area contributed by atoms with Gasteiger partial charge >= 0.3 is 12.4 Å². The first-order chi connectivity index (χ1) is 16.8. The number of anilines is 1. The quantitative estimate of drug-likeness (QED) is 0.313. The zero-order valence-electron chi connectivity index (χ0n) is 18.9. The lowest BCUT2D eigenvalue weighted by molar-refractivity contribution is -0.141. The van der Waals surface area contributed by atoms with Crippen molar-refractivity contribution < 1.29 is 41.0 Å². The molecule has 0 aliphatic carbocycles. The molecule has 1 amide bonds. The van der Waals surface area contributed by atoms with Crippen LogP contribution in [0.3, 0.4) is 0 Å². The maximum Gasteiger partial charge on any atom is 0.433 e. The number of rotatable bonds is 7. The van der Waals surface area contributed by atoms with Crippen LogP contribution in [0.2, 0.25) is 0 Å². The monoisotopic (exact) mass is 513 g/mol. The van der Waals surface area contributed by atoms with Gasteiger partial charge in [-0.05, 0) is 54.1 Å². The van der Waals surface area contributed by atoms with E-state index in [4.69, 9.17) is 4.74 Å². The summed E-state index contributed by atoms with van der Waals surface area (Å²) in [7, 11) is 0. The van der Waals surface area contributed by atoms with E-state index in [1.165, 1.54) is 6.92 Å². The number of halogens is 6. The molecular weight excluding hydrogens is 492 g/mol. The van der Waals surface area contributed by atoms with Crippen molar-refractivity contribution in [3.63, 3.8) is 0 Å². The topological polar surface area (TPSA) is 83.8 Å². The van der Waals surface area contributed by atoms with Crippen LogP contribution >= 0.6 is 0 Å². The summed E-state index contributed by atoms with van der Waals surface area (Å²) in [5, 5.41) is 12.2. The summed E-state index contributed by atoms with van der Waals surface area (Å²) in [5.41, 5.74) is -2.02. The number of benzene rings is 1. The lowest BCUT2D eigenvalue weighted by atomic mass is 9.77. The van der Waals surface area contributed by atoms with Crippen LogP contribution in [-0.2, 0) is 21.1 Å². The van der Waals surface area contributed by atoms with E-state index in [0.29, 0.717) is 22.8 Å². The van der Waals surface area contributed by atoms with Crippen molar-refractivity contribution >= 4 is 23.9 Å². The molecule has 1 aliphatic rings. The summed E-state index contributed by atoms with van der Waals surface area (Å²) in [5.74, 6) is -0.513. The van der Waals surface area contributed by atoms with Gasteiger partial charge in [0.1, 0.15) is 16.8 Å². The normalized spacial score (nSPS) is 16.6. The number of ether oxygens (including phenoxy) is 1. The van der Waals surface area contributed by atoms with Crippen molar-refractivity contribution in [3.8, 4) is 0 Å². The van der Waals surface area contributed by atoms with Gasteiger partial charge in [-0.3, -0.25) is 9.79 Å². The van der Waals surface area contributed by atoms with E-state index < -0.39 is 41.7 Å². The number of carbonyl (C=O) groups excluding carboxylic acids is 1. The van der Waals surface area contributed by atoms with Crippen molar-refractivity contribution in [2.75, 3.05) is 25.1 Å². The molecule has 1 aromatic heterocycles. The second kappa shape index (κ2) is 10.2. The molecule has 192 valence electrons.